The summed E-state index contributed by atoms with van der Waals surface area (Å²) in [5, 5.41) is 4.59. The molecule has 2 N–H and O–H groups in total. The molecule has 0 aromatic carbocycles. The quantitative estimate of drug-likeness (QED) is 0.892. The highest BCUT2D eigenvalue weighted by Gasteiger charge is 2.20. The first kappa shape index (κ1) is 13.4. The highest BCUT2D eigenvalue weighted by molar-refractivity contribution is 5.50. The first-order chi connectivity index (χ1) is 8.59. The molecule has 0 radical (unpaired) electrons. The zero-order chi connectivity index (χ0) is 13.1. The number of nitrogens with two attached hydrogens (primary N) is 1. The molecule has 1 aliphatic rings. The second-order valence-electron chi connectivity index (χ2n) is 5.59. The van der Waals surface area contributed by atoms with E-state index in [2.05, 4.69) is 30.9 Å². The summed E-state index contributed by atoms with van der Waals surface area (Å²) in [6, 6.07) is 0.193. The van der Waals surface area contributed by atoms with Gasteiger partial charge in [0.05, 0.1) is 5.69 Å². The van der Waals surface area contributed by atoms with Crippen molar-refractivity contribution in [3.05, 3.63) is 11.3 Å². The van der Waals surface area contributed by atoms with Gasteiger partial charge in [0.25, 0.3) is 0 Å². The number of nitrogens with zero attached hydrogens (tertiary/aromatic N) is 3. The zero-order valence-electron chi connectivity index (χ0n) is 11.9. The molecule has 1 aliphatic heterocycles. The van der Waals surface area contributed by atoms with Gasteiger partial charge in [-0.3, -0.25) is 4.68 Å². The van der Waals surface area contributed by atoms with E-state index in [9.17, 15) is 0 Å². The Morgan fingerprint density at radius 2 is 1.83 bits per heavy atom. The molecule has 1 fully saturated rings. The van der Waals surface area contributed by atoms with Crippen LogP contribution < -0.4 is 10.6 Å². The van der Waals surface area contributed by atoms with Crippen molar-refractivity contribution < 1.29 is 0 Å². The molecule has 0 bridgehead atoms. The fourth-order valence-corrected chi connectivity index (χ4v) is 2.93. The van der Waals surface area contributed by atoms with Gasteiger partial charge in [0, 0.05) is 31.7 Å². The molecule has 1 aromatic heterocycles. The molecule has 4 nitrogen and oxygen atoms in total. The van der Waals surface area contributed by atoms with Gasteiger partial charge in [0.2, 0.25) is 0 Å². The molecule has 2 rings (SSSR count). The van der Waals surface area contributed by atoms with E-state index in [1.54, 1.807) is 0 Å². The van der Waals surface area contributed by atoms with E-state index in [0.29, 0.717) is 0 Å². The fourth-order valence-electron chi connectivity index (χ4n) is 2.93. The summed E-state index contributed by atoms with van der Waals surface area (Å²) in [7, 11) is 2.05. The predicted molar refractivity (Wildman–Crippen MR) is 76.0 cm³/mol. The number of anilines is 1. The van der Waals surface area contributed by atoms with E-state index in [-0.39, 0.29) is 6.04 Å². The molecule has 0 aliphatic carbocycles. The Labute approximate surface area is 110 Å². The highest BCUT2D eigenvalue weighted by atomic mass is 15.4. The topological polar surface area (TPSA) is 47.1 Å². The average Bonchev–Trinajstić information content (AvgIpc) is 2.52. The molecule has 0 saturated carbocycles. The minimum atomic E-state index is 0.193. The molecule has 18 heavy (non-hydrogen) atoms. The van der Waals surface area contributed by atoms with E-state index in [1.165, 1.54) is 37.1 Å². The van der Waals surface area contributed by atoms with Crippen LogP contribution in [0.1, 0.15) is 43.9 Å². The van der Waals surface area contributed by atoms with Gasteiger partial charge in [-0.15, -0.1) is 0 Å². The van der Waals surface area contributed by atoms with Crippen molar-refractivity contribution in [3.8, 4) is 0 Å². The first-order valence-corrected chi connectivity index (χ1v) is 7.12. The van der Waals surface area contributed by atoms with Crippen molar-refractivity contribution in [1.29, 1.82) is 0 Å². The standard InChI is InChI=1S/C14H26N4/c1-11(15)10-13-12(2)16-17(3)14(13)18-8-6-4-5-7-9-18/h11H,4-10,15H2,1-3H3. The second kappa shape index (κ2) is 5.74. The van der Waals surface area contributed by atoms with Gasteiger partial charge in [0.15, 0.2) is 0 Å². The summed E-state index contributed by atoms with van der Waals surface area (Å²) in [4.78, 5) is 2.50. The van der Waals surface area contributed by atoms with Crippen LogP contribution in [0.4, 0.5) is 5.82 Å². The molecule has 102 valence electrons. The minimum Gasteiger partial charge on any atom is -0.357 e. The molecule has 0 amide bonds. The third-order valence-corrected chi connectivity index (χ3v) is 3.74. The Morgan fingerprint density at radius 3 is 2.39 bits per heavy atom. The largest absolute Gasteiger partial charge is 0.357 e. The van der Waals surface area contributed by atoms with Gasteiger partial charge in [-0.25, -0.2) is 0 Å². The van der Waals surface area contributed by atoms with Gasteiger partial charge in [0.1, 0.15) is 5.82 Å². The van der Waals surface area contributed by atoms with Crippen molar-refractivity contribution in [2.45, 2.75) is 52.0 Å². The third kappa shape index (κ3) is 2.86. The molecule has 1 aromatic rings. The summed E-state index contributed by atoms with van der Waals surface area (Å²) in [6.45, 7) is 6.48. The lowest BCUT2D eigenvalue weighted by Crippen LogP contribution is -2.28. The average molecular weight is 250 g/mol. The number of rotatable bonds is 3. The van der Waals surface area contributed by atoms with Crippen LogP contribution >= 0.6 is 0 Å². The summed E-state index contributed by atoms with van der Waals surface area (Å²) in [5.74, 6) is 1.30. The molecule has 1 atom stereocenters. The maximum atomic E-state index is 5.98. The van der Waals surface area contributed by atoms with Gasteiger partial charge in [-0.05, 0) is 33.1 Å². The maximum Gasteiger partial charge on any atom is 0.130 e. The maximum absolute atomic E-state index is 5.98. The van der Waals surface area contributed by atoms with E-state index in [4.69, 9.17) is 5.73 Å². The Hall–Kier alpha value is -1.03. The molecule has 4 heteroatoms. The summed E-state index contributed by atoms with van der Waals surface area (Å²) >= 11 is 0. The van der Waals surface area contributed by atoms with Crippen LogP contribution in [0.25, 0.3) is 0 Å². The van der Waals surface area contributed by atoms with Crippen molar-refractivity contribution in [3.63, 3.8) is 0 Å². The van der Waals surface area contributed by atoms with Crippen molar-refractivity contribution in [2.75, 3.05) is 18.0 Å². The third-order valence-electron chi connectivity index (χ3n) is 3.74. The van der Waals surface area contributed by atoms with Crippen LogP contribution in [0.15, 0.2) is 0 Å². The normalized spacial score (nSPS) is 18.8. The van der Waals surface area contributed by atoms with E-state index < -0.39 is 0 Å². The van der Waals surface area contributed by atoms with Crippen LogP contribution in [-0.2, 0) is 13.5 Å². The SMILES string of the molecule is Cc1nn(C)c(N2CCCCCC2)c1CC(C)N. The van der Waals surface area contributed by atoms with Crippen molar-refractivity contribution >= 4 is 5.82 Å². The van der Waals surface area contributed by atoms with Crippen LogP contribution in [0.5, 0.6) is 0 Å². The monoisotopic (exact) mass is 250 g/mol. The lowest BCUT2D eigenvalue weighted by molar-refractivity contribution is 0.688. The van der Waals surface area contributed by atoms with Crippen LogP contribution in [0.2, 0.25) is 0 Å². The van der Waals surface area contributed by atoms with Crippen LogP contribution in [-0.4, -0.2) is 28.9 Å². The van der Waals surface area contributed by atoms with Crippen LogP contribution in [0.3, 0.4) is 0 Å². The summed E-state index contributed by atoms with van der Waals surface area (Å²) in [6.07, 6.45) is 6.22. The second-order valence-corrected chi connectivity index (χ2v) is 5.59. The Morgan fingerprint density at radius 1 is 1.22 bits per heavy atom. The molecule has 1 saturated heterocycles. The molecular formula is C14H26N4. The van der Waals surface area contributed by atoms with Crippen molar-refractivity contribution in [1.82, 2.24) is 9.78 Å². The first-order valence-electron chi connectivity index (χ1n) is 7.12. The lowest BCUT2D eigenvalue weighted by atomic mass is 10.1. The number of hydrogen-bond acceptors (Lipinski definition) is 3. The Kier molecular flexibility index (Phi) is 4.27. The fraction of sp³-hybridized carbons (Fsp3) is 0.786. The molecule has 2 heterocycles. The lowest BCUT2D eigenvalue weighted by Gasteiger charge is -2.24. The van der Waals surface area contributed by atoms with Gasteiger partial charge in [-0.1, -0.05) is 12.8 Å². The van der Waals surface area contributed by atoms with E-state index >= 15 is 0 Å². The molecule has 0 spiro atoms. The smallest absolute Gasteiger partial charge is 0.130 e. The van der Waals surface area contributed by atoms with Crippen molar-refractivity contribution in [2.24, 2.45) is 12.8 Å². The summed E-state index contributed by atoms with van der Waals surface area (Å²) < 4.78 is 2.04. The molecular weight excluding hydrogens is 224 g/mol. The van der Waals surface area contributed by atoms with Crippen LogP contribution in [0, 0.1) is 6.92 Å². The van der Waals surface area contributed by atoms with Gasteiger partial charge in [-0.2, -0.15) is 5.10 Å². The summed E-state index contributed by atoms with van der Waals surface area (Å²) in [5.41, 5.74) is 8.45. The predicted octanol–water partition coefficient (Wildman–Crippen LogP) is 2.00. The number of hydrogen-bond donors (Lipinski definition) is 1. The highest BCUT2D eigenvalue weighted by Crippen LogP contribution is 2.26. The Bertz CT molecular complexity index is 387. The number of aryl methyl sites for hydroxylation is 2. The van der Waals surface area contributed by atoms with Gasteiger partial charge >= 0.3 is 0 Å². The zero-order valence-corrected chi connectivity index (χ0v) is 11.9. The van der Waals surface area contributed by atoms with Gasteiger partial charge < -0.3 is 10.6 Å². The molecule has 1 unspecified atom stereocenters. The van der Waals surface area contributed by atoms with E-state index in [1.807, 2.05) is 4.68 Å². The Balaban J connectivity index is 2.29. The number of aromatic nitrogens is 2. The minimum absolute atomic E-state index is 0.193. The van der Waals surface area contributed by atoms with E-state index in [0.717, 1.165) is 25.2 Å².